The number of ether oxygens (including phenoxy) is 1. The van der Waals surface area contributed by atoms with Gasteiger partial charge in [0.15, 0.2) is 0 Å². The zero-order chi connectivity index (χ0) is 14.7. The normalized spacial score (nSPS) is 23.6. The average molecular weight is 279 g/mol. The molecule has 2 N–H and O–H groups in total. The van der Waals surface area contributed by atoms with Crippen LogP contribution in [0.4, 0.5) is 5.69 Å². The van der Waals surface area contributed by atoms with Gasteiger partial charge in [-0.15, -0.1) is 0 Å². The Balaban J connectivity index is 2.18. The number of hydrogen-bond acceptors (Lipinski definition) is 5. The van der Waals surface area contributed by atoms with Crippen LogP contribution in [0.2, 0.25) is 0 Å². The molecule has 6 heteroatoms. The molecule has 1 aromatic carbocycles. The van der Waals surface area contributed by atoms with Gasteiger partial charge in [-0.05, 0) is 25.8 Å². The second kappa shape index (κ2) is 6.19. The highest BCUT2D eigenvalue weighted by Gasteiger charge is 2.24. The van der Waals surface area contributed by atoms with Gasteiger partial charge in [0.25, 0.3) is 5.69 Å². The first kappa shape index (κ1) is 14.7. The molecule has 2 atom stereocenters. The maximum atomic E-state index is 10.9. The molecule has 6 nitrogen and oxygen atoms in total. The van der Waals surface area contributed by atoms with Crippen molar-refractivity contribution in [3.8, 4) is 5.75 Å². The van der Waals surface area contributed by atoms with E-state index in [1.807, 2.05) is 0 Å². The van der Waals surface area contributed by atoms with Gasteiger partial charge in [0.05, 0.1) is 12.0 Å². The monoisotopic (exact) mass is 279 g/mol. The number of hydrogen-bond donors (Lipinski definition) is 1. The molecular formula is C14H21N3O3. The molecule has 110 valence electrons. The molecule has 1 fully saturated rings. The Bertz CT molecular complexity index is 493. The van der Waals surface area contributed by atoms with Crippen LogP contribution in [0.3, 0.4) is 0 Å². The Kier molecular flexibility index (Phi) is 4.57. The lowest BCUT2D eigenvalue weighted by Gasteiger charge is -2.36. The van der Waals surface area contributed by atoms with Gasteiger partial charge in [-0.25, -0.2) is 0 Å². The summed E-state index contributed by atoms with van der Waals surface area (Å²) in [6.45, 7) is 3.70. The predicted molar refractivity (Wildman–Crippen MR) is 76.7 cm³/mol. The summed E-state index contributed by atoms with van der Waals surface area (Å²) in [5.74, 6) is 0.692. The molecule has 1 aromatic rings. The smallest absolute Gasteiger partial charge is 0.270 e. The van der Waals surface area contributed by atoms with Crippen LogP contribution in [0, 0.1) is 10.1 Å². The van der Waals surface area contributed by atoms with Crippen molar-refractivity contribution in [3.05, 3.63) is 33.9 Å². The topological polar surface area (TPSA) is 81.6 Å². The van der Waals surface area contributed by atoms with E-state index in [1.54, 1.807) is 19.2 Å². The molecule has 0 radical (unpaired) electrons. The summed E-state index contributed by atoms with van der Waals surface area (Å²) in [6, 6.07) is 5.36. The third kappa shape index (κ3) is 3.26. The predicted octanol–water partition coefficient (Wildman–Crippen LogP) is 1.92. The van der Waals surface area contributed by atoms with E-state index in [-0.39, 0.29) is 16.7 Å². The van der Waals surface area contributed by atoms with Crippen molar-refractivity contribution in [2.45, 2.75) is 38.4 Å². The minimum absolute atomic E-state index is 0.0992. The van der Waals surface area contributed by atoms with E-state index in [9.17, 15) is 10.1 Å². The highest BCUT2D eigenvalue weighted by molar-refractivity contribution is 5.43. The van der Waals surface area contributed by atoms with Gasteiger partial charge >= 0.3 is 0 Å². The summed E-state index contributed by atoms with van der Waals surface area (Å²) in [4.78, 5) is 12.8. The number of benzene rings is 1. The third-order valence-corrected chi connectivity index (χ3v) is 3.90. The number of nitrogens with two attached hydrogens (primary N) is 1. The fourth-order valence-electron chi connectivity index (χ4n) is 2.71. The van der Waals surface area contributed by atoms with Gasteiger partial charge in [0.2, 0.25) is 0 Å². The van der Waals surface area contributed by atoms with Crippen molar-refractivity contribution in [1.29, 1.82) is 0 Å². The molecule has 20 heavy (non-hydrogen) atoms. The van der Waals surface area contributed by atoms with E-state index in [0.29, 0.717) is 18.3 Å². The lowest BCUT2D eigenvalue weighted by Crippen LogP contribution is -2.45. The minimum Gasteiger partial charge on any atom is -0.496 e. The van der Waals surface area contributed by atoms with Gasteiger partial charge < -0.3 is 10.5 Å². The Morgan fingerprint density at radius 1 is 1.55 bits per heavy atom. The molecule has 0 saturated carbocycles. The van der Waals surface area contributed by atoms with E-state index in [2.05, 4.69) is 11.8 Å². The van der Waals surface area contributed by atoms with Crippen molar-refractivity contribution < 1.29 is 9.66 Å². The highest BCUT2D eigenvalue weighted by atomic mass is 16.6. The molecule has 2 rings (SSSR count). The fourth-order valence-corrected chi connectivity index (χ4v) is 2.71. The van der Waals surface area contributed by atoms with Gasteiger partial charge in [-0.3, -0.25) is 15.0 Å². The van der Waals surface area contributed by atoms with E-state index >= 15 is 0 Å². The molecule has 0 aliphatic carbocycles. The van der Waals surface area contributed by atoms with E-state index in [4.69, 9.17) is 10.5 Å². The van der Waals surface area contributed by atoms with Crippen LogP contribution in [-0.4, -0.2) is 35.6 Å². The lowest BCUT2D eigenvalue weighted by molar-refractivity contribution is -0.385. The fraction of sp³-hybridized carbons (Fsp3) is 0.571. The molecule has 0 aromatic heterocycles. The number of rotatable bonds is 4. The number of piperidine rings is 1. The first-order chi connectivity index (χ1) is 9.51. The molecule has 1 aliphatic heterocycles. The SMILES string of the molecule is COc1ccc([N+](=O)[O-])cc1CN1CCC(N)CC1C. The Morgan fingerprint density at radius 2 is 2.30 bits per heavy atom. The highest BCUT2D eigenvalue weighted by Crippen LogP contribution is 2.27. The van der Waals surface area contributed by atoms with Crippen LogP contribution in [0.15, 0.2) is 18.2 Å². The van der Waals surface area contributed by atoms with Crippen molar-refractivity contribution >= 4 is 5.69 Å². The molecule has 0 bridgehead atoms. The van der Waals surface area contributed by atoms with E-state index in [1.165, 1.54) is 6.07 Å². The van der Waals surface area contributed by atoms with Crippen molar-refractivity contribution in [3.63, 3.8) is 0 Å². The van der Waals surface area contributed by atoms with Crippen LogP contribution in [0.5, 0.6) is 5.75 Å². The summed E-state index contributed by atoms with van der Waals surface area (Å²) in [5.41, 5.74) is 6.91. The number of nitro groups is 1. The van der Waals surface area contributed by atoms with Crippen LogP contribution in [-0.2, 0) is 6.54 Å². The first-order valence-electron chi connectivity index (χ1n) is 6.82. The van der Waals surface area contributed by atoms with Crippen molar-refractivity contribution in [2.75, 3.05) is 13.7 Å². The minimum atomic E-state index is -0.377. The Morgan fingerprint density at radius 3 is 2.90 bits per heavy atom. The number of likely N-dealkylation sites (tertiary alicyclic amines) is 1. The second-order valence-electron chi connectivity index (χ2n) is 5.36. The summed E-state index contributed by atoms with van der Waals surface area (Å²) < 4.78 is 5.30. The summed E-state index contributed by atoms with van der Waals surface area (Å²) >= 11 is 0. The van der Waals surface area contributed by atoms with Gasteiger partial charge in [-0.1, -0.05) is 0 Å². The van der Waals surface area contributed by atoms with Crippen molar-refractivity contribution in [1.82, 2.24) is 4.90 Å². The molecule has 1 heterocycles. The van der Waals surface area contributed by atoms with Crippen LogP contribution in [0.25, 0.3) is 0 Å². The standard InChI is InChI=1S/C14H21N3O3/c1-10-7-12(15)5-6-16(10)9-11-8-13(17(18)19)3-4-14(11)20-2/h3-4,8,10,12H,5-7,9,15H2,1-2H3. The maximum absolute atomic E-state index is 10.9. The summed E-state index contributed by atoms with van der Waals surface area (Å²) in [7, 11) is 1.58. The number of nitrogens with zero attached hydrogens (tertiary/aromatic N) is 2. The molecule has 2 unspecified atom stereocenters. The molecule has 1 aliphatic rings. The second-order valence-corrected chi connectivity index (χ2v) is 5.36. The zero-order valence-electron chi connectivity index (χ0n) is 11.9. The quantitative estimate of drug-likeness (QED) is 0.672. The molecular weight excluding hydrogens is 258 g/mol. The van der Waals surface area contributed by atoms with Crippen molar-refractivity contribution in [2.24, 2.45) is 5.73 Å². The largest absolute Gasteiger partial charge is 0.496 e. The number of methoxy groups -OCH3 is 1. The molecule has 1 saturated heterocycles. The average Bonchev–Trinajstić information content (AvgIpc) is 2.41. The van der Waals surface area contributed by atoms with Crippen LogP contribution >= 0.6 is 0 Å². The third-order valence-electron chi connectivity index (χ3n) is 3.90. The maximum Gasteiger partial charge on any atom is 0.270 e. The molecule has 0 amide bonds. The Labute approximate surface area is 118 Å². The lowest BCUT2D eigenvalue weighted by atomic mass is 9.98. The van der Waals surface area contributed by atoms with Gasteiger partial charge in [0, 0.05) is 42.9 Å². The van der Waals surface area contributed by atoms with Gasteiger partial charge in [0.1, 0.15) is 5.75 Å². The number of non-ortho nitro benzene ring substituents is 1. The van der Waals surface area contributed by atoms with Crippen LogP contribution in [0.1, 0.15) is 25.3 Å². The Hall–Kier alpha value is -1.66. The van der Waals surface area contributed by atoms with Crippen LogP contribution < -0.4 is 10.5 Å². The molecule has 0 spiro atoms. The van der Waals surface area contributed by atoms with E-state index < -0.39 is 0 Å². The summed E-state index contributed by atoms with van der Waals surface area (Å²) in [6.07, 6.45) is 1.92. The first-order valence-corrected chi connectivity index (χ1v) is 6.82. The van der Waals surface area contributed by atoms with E-state index in [0.717, 1.165) is 24.9 Å². The zero-order valence-corrected chi connectivity index (χ0v) is 11.9. The summed E-state index contributed by atoms with van der Waals surface area (Å²) in [5, 5.41) is 10.9. The number of nitro benzene ring substituents is 1. The van der Waals surface area contributed by atoms with Gasteiger partial charge in [-0.2, -0.15) is 0 Å².